The number of fused-ring (bicyclic) bond motifs is 1. The van der Waals surface area contributed by atoms with Crippen molar-refractivity contribution < 1.29 is 17.2 Å². The Hall–Kier alpha value is -3.85. The van der Waals surface area contributed by atoms with E-state index in [2.05, 4.69) is 9.97 Å². The standard InChI is InChI=1S/C25H19FN4O3S/c26-18-8-6-17(7-9-18)23-21(13-30(29-23)19-10-11-34(31,32)14-19)24-20-12-22(16-4-2-1-3-5-16)33-25(20)28-15-27-24/h1-9,12-13,15,19H,10-11,14H2/t19-/m1/s1. The Labute approximate surface area is 194 Å². The van der Waals surface area contributed by atoms with Crippen LogP contribution in [0.2, 0.25) is 0 Å². The minimum Gasteiger partial charge on any atom is -0.438 e. The van der Waals surface area contributed by atoms with E-state index < -0.39 is 9.84 Å². The quantitative estimate of drug-likeness (QED) is 0.367. The molecule has 0 amide bonds. The summed E-state index contributed by atoms with van der Waals surface area (Å²) in [7, 11) is -3.10. The van der Waals surface area contributed by atoms with Crippen LogP contribution in [0.5, 0.6) is 0 Å². The van der Waals surface area contributed by atoms with Crippen LogP contribution in [0.15, 0.2) is 77.6 Å². The van der Waals surface area contributed by atoms with Crippen LogP contribution in [-0.4, -0.2) is 39.7 Å². The Kier molecular flexibility index (Phi) is 4.80. The molecule has 1 saturated heterocycles. The highest BCUT2D eigenvalue weighted by Gasteiger charge is 2.31. The van der Waals surface area contributed by atoms with Gasteiger partial charge in [-0.3, -0.25) is 4.68 Å². The summed E-state index contributed by atoms with van der Waals surface area (Å²) in [6.45, 7) is 0. The number of benzene rings is 2. The molecule has 6 rings (SSSR count). The summed E-state index contributed by atoms with van der Waals surface area (Å²) in [5.74, 6) is 0.493. The molecule has 1 aliphatic heterocycles. The first-order valence-corrected chi connectivity index (χ1v) is 12.6. The van der Waals surface area contributed by atoms with Crippen LogP contribution in [0.1, 0.15) is 12.5 Å². The number of halogens is 1. The first kappa shape index (κ1) is 20.7. The molecule has 170 valence electrons. The SMILES string of the molecule is O=S1(=O)CC[C@@H](n2cc(-c3ncnc4oc(-c5ccccc5)cc34)c(-c3ccc(F)cc3)n2)C1. The molecule has 0 N–H and O–H groups in total. The van der Waals surface area contributed by atoms with Gasteiger partial charge in [0.05, 0.1) is 28.6 Å². The van der Waals surface area contributed by atoms with E-state index in [4.69, 9.17) is 9.52 Å². The lowest BCUT2D eigenvalue weighted by molar-refractivity contribution is 0.501. The zero-order valence-electron chi connectivity index (χ0n) is 17.9. The molecule has 0 radical (unpaired) electrons. The molecule has 4 heterocycles. The molecule has 7 nitrogen and oxygen atoms in total. The van der Waals surface area contributed by atoms with Crippen molar-refractivity contribution in [3.05, 3.63) is 79.0 Å². The molecular formula is C25H19FN4O3S. The molecule has 2 aromatic carbocycles. The van der Waals surface area contributed by atoms with Crippen molar-refractivity contribution in [2.45, 2.75) is 12.5 Å². The second kappa shape index (κ2) is 7.88. The summed E-state index contributed by atoms with van der Waals surface area (Å²) in [4.78, 5) is 8.84. The summed E-state index contributed by atoms with van der Waals surface area (Å²) < 4.78 is 45.5. The Morgan fingerprint density at radius 2 is 1.76 bits per heavy atom. The third kappa shape index (κ3) is 3.67. The molecule has 1 atom stereocenters. The number of nitrogens with zero attached hydrogens (tertiary/aromatic N) is 4. The van der Waals surface area contributed by atoms with Gasteiger partial charge in [-0.1, -0.05) is 30.3 Å². The minimum absolute atomic E-state index is 0.0417. The predicted octanol–water partition coefficient (Wildman–Crippen LogP) is 4.92. The summed E-state index contributed by atoms with van der Waals surface area (Å²) in [6.07, 6.45) is 3.75. The topological polar surface area (TPSA) is 90.9 Å². The van der Waals surface area contributed by atoms with Gasteiger partial charge >= 0.3 is 0 Å². The second-order valence-corrected chi connectivity index (χ2v) is 10.6. The van der Waals surface area contributed by atoms with Crippen LogP contribution in [0, 0.1) is 5.82 Å². The molecule has 1 aliphatic rings. The number of sulfone groups is 1. The van der Waals surface area contributed by atoms with Crippen molar-refractivity contribution in [2.24, 2.45) is 0 Å². The number of rotatable bonds is 4. The fraction of sp³-hybridized carbons (Fsp3) is 0.160. The van der Waals surface area contributed by atoms with Crippen LogP contribution in [0.3, 0.4) is 0 Å². The average Bonchev–Trinajstić information content (AvgIpc) is 3.56. The van der Waals surface area contributed by atoms with Gasteiger partial charge in [0.2, 0.25) is 5.71 Å². The number of furan rings is 1. The molecule has 0 spiro atoms. The van der Waals surface area contributed by atoms with Crippen molar-refractivity contribution in [3.8, 4) is 33.8 Å². The van der Waals surface area contributed by atoms with Gasteiger partial charge in [0.25, 0.3) is 0 Å². The molecule has 3 aromatic heterocycles. The first-order chi connectivity index (χ1) is 16.5. The fourth-order valence-corrected chi connectivity index (χ4v) is 6.08. The van der Waals surface area contributed by atoms with Gasteiger partial charge < -0.3 is 4.42 Å². The van der Waals surface area contributed by atoms with Gasteiger partial charge in [-0.25, -0.2) is 22.8 Å². The lowest BCUT2D eigenvalue weighted by Gasteiger charge is -2.07. The molecule has 0 bridgehead atoms. The smallest absolute Gasteiger partial charge is 0.230 e. The van der Waals surface area contributed by atoms with E-state index in [0.717, 1.165) is 5.56 Å². The van der Waals surface area contributed by atoms with Crippen LogP contribution < -0.4 is 0 Å². The maximum atomic E-state index is 13.6. The minimum atomic E-state index is -3.10. The summed E-state index contributed by atoms with van der Waals surface area (Å²) >= 11 is 0. The molecule has 0 aliphatic carbocycles. The third-order valence-corrected chi connectivity index (χ3v) is 7.83. The average molecular weight is 475 g/mol. The second-order valence-electron chi connectivity index (χ2n) is 8.35. The van der Waals surface area contributed by atoms with E-state index in [1.807, 2.05) is 42.6 Å². The monoisotopic (exact) mass is 474 g/mol. The Morgan fingerprint density at radius 1 is 0.971 bits per heavy atom. The highest BCUT2D eigenvalue weighted by molar-refractivity contribution is 7.91. The van der Waals surface area contributed by atoms with Crippen molar-refractivity contribution in [1.29, 1.82) is 0 Å². The fourth-order valence-electron chi connectivity index (χ4n) is 4.37. The Bertz CT molecular complexity index is 1610. The van der Waals surface area contributed by atoms with E-state index in [1.54, 1.807) is 16.8 Å². The van der Waals surface area contributed by atoms with E-state index in [1.165, 1.54) is 18.5 Å². The summed E-state index contributed by atoms with van der Waals surface area (Å²) in [5.41, 5.74) is 3.95. The van der Waals surface area contributed by atoms with Crippen molar-refractivity contribution in [2.75, 3.05) is 11.5 Å². The van der Waals surface area contributed by atoms with Crippen molar-refractivity contribution in [3.63, 3.8) is 0 Å². The van der Waals surface area contributed by atoms with Crippen LogP contribution in [-0.2, 0) is 9.84 Å². The predicted molar refractivity (Wildman–Crippen MR) is 126 cm³/mol. The van der Waals surface area contributed by atoms with Gasteiger partial charge in [-0.15, -0.1) is 0 Å². The largest absolute Gasteiger partial charge is 0.438 e. The van der Waals surface area contributed by atoms with E-state index in [0.29, 0.717) is 45.8 Å². The highest BCUT2D eigenvalue weighted by atomic mass is 32.2. The summed E-state index contributed by atoms with van der Waals surface area (Å²) in [6, 6.07) is 17.4. The van der Waals surface area contributed by atoms with Gasteiger partial charge in [-0.2, -0.15) is 5.10 Å². The first-order valence-electron chi connectivity index (χ1n) is 10.8. The molecule has 9 heteroatoms. The van der Waals surface area contributed by atoms with E-state index >= 15 is 0 Å². The number of hydrogen-bond acceptors (Lipinski definition) is 6. The maximum absolute atomic E-state index is 13.6. The third-order valence-electron chi connectivity index (χ3n) is 6.07. The molecule has 1 fully saturated rings. The molecule has 0 unspecified atom stereocenters. The van der Waals surface area contributed by atoms with E-state index in [-0.39, 0.29) is 23.4 Å². The van der Waals surface area contributed by atoms with Crippen molar-refractivity contribution >= 4 is 20.9 Å². The summed E-state index contributed by atoms with van der Waals surface area (Å²) in [5, 5.41) is 5.46. The zero-order chi connectivity index (χ0) is 23.3. The van der Waals surface area contributed by atoms with Gasteiger partial charge in [-0.05, 0) is 36.8 Å². The van der Waals surface area contributed by atoms with Crippen LogP contribution in [0.25, 0.3) is 44.9 Å². The van der Waals surface area contributed by atoms with Gasteiger partial charge in [0, 0.05) is 22.9 Å². The maximum Gasteiger partial charge on any atom is 0.230 e. The van der Waals surface area contributed by atoms with Gasteiger partial charge in [0.1, 0.15) is 23.6 Å². The molecule has 5 aromatic rings. The number of aromatic nitrogens is 4. The van der Waals surface area contributed by atoms with Crippen LogP contribution in [0.4, 0.5) is 4.39 Å². The van der Waals surface area contributed by atoms with Crippen molar-refractivity contribution in [1.82, 2.24) is 19.7 Å². The Balaban J connectivity index is 1.53. The van der Waals surface area contributed by atoms with Gasteiger partial charge in [0.15, 0.2) is 9.84 Å². The molecular weight excluding hydrogens is 455 g/mol. The lowest BCUT2D eigenvalue weighted by Crippen LogP contribution is -2.11. The molecule has 0 saturated carbocycles. The molecule has 34 heavy (non-hydrogen) atoms. The Morgan fingerprint density at radius 3 is 2.50 bits per heavy atom. The highest BCUT2D eigenvalue weighted by Crippen LogP contribution is 2.38. The normalized spacial score (nSPS) is 17.4. The van der Waals surface area contributed by atoms with E-state index in [9.17, 15) is 12.8 Å². The zero-order valence-corrected chi connectivity index (χ0v) is 18.7. The number of hydrogen-bond donors (Lipinski definition) is 0. The lowest BCUT2D eigenvalue weighted by atomic mass is 10.0. The van der Waals surface area contributed by atoms with Crippen LogP contribution >= 0.6 is 0 Å².